The van der Waals surface area contributed by atoms with Crippen LogP contribution < -0.4 is 4.74 Å². The number of halogens is 1. The van der Waals surface area contributed by atoms with Gasteiger partial charge in [0.15, 0.2) is 0 Å². The Kier molecular flexibility index (Phi) is 2.77. The topological polar surface area (TPSA) is 9.23 Å². The number of benzene rings is 1. The molecular weight excluding hydrogens is 172 g/mol. The Bertz CT molecular complexity index is 282. The first-order valence-electron chi connectivity index (χ1n) is 3.69. The van der Waals surface area contributed by atoms with Crippen LogP contribution in [0.1, 0.15) is 11.1 Å². The Morgan fingerprint density at radius 2 is 1.83 bits per heavy atom. The van der Waals surface area contributed by atoms with Gasteiger partial charge in [0.05, 0.1) is 6.26 Å². The van der Waals surface area contributed by atoms with Gasteiger partial charge in [0.2, 0.25) is 0 Å². The van der Waals surface area contributed by atoms with Gasteiger partial charge in [-0.1, -0.05) is 18.2 Å². The van der Waals surface area contributed by atoms with Gasteiger partial charge in [0, 0.05) is 5.02 Å². The highest BCUT2D eigenvalue weighted by molar-refractivity contribution is 6.30. The summed E-state index contributed by atoms with van der Waals surface area (Å²) in [6, 6.07) is 3.74. The smallest absolute Gasteiger partial charge is 0.132 e. The van der Waals surface area contributed by atoms with E-state index in [9.17, 15) is 0 Å². The van der Waals surface area contributed by atoms with Gasteiger partial charge < -0.3 is 4.74 Å². The van der Waals surface area contributed by atoms with Crippen molar-refractivity contribution in [3.8, 4) is 5.75 Å². The number of hydrogen-bond acceptors (Lipinski definition) is 1. The molecule has 0 radical (unpaired) electrons. The largest absolute Gasteiger partial charge is 0.465 e. The molecule has 0 amide bonds. The third kappa shape index (κ3) is 1.80. The molecule has 64 valence electrons. The Morgan fingerprint density at radius 3 is 2.25 bits per heavy atom. The van der Waals surface area contributed by atoms with Crippen LogP contribution in [-0.4, -0.2) is 0 Å². The molecule has 0 bridgehead atoms. The van der Waals surface area contributed by atoms with Crippen LogP contribution in [-0.2, 0) is 0 Å². The van der Waals surface area contributed by atoms with Crippen LogP contribution in [0.2, 0.25) is 5.02 Å². The summed E-state index contributed by atoms with van der Waals surface area (Å²) in [5, 5.41) is 0.737. The lowest BCUT2D eigenvalue weighted by atomic mass is 10.1. The molecular formula is C10H11ClO. The van der Waals surface area contributed by atoms with Crippen LogP contribution in [0.25, 0.3) is 0 Å². The molecule has 1 aromatic rings. The molecule has 0 saturated heterocycles. The first-order chi connectivity index (χ1) is 5.65. The van der Waals surface area contributed by atoms with Gasteiger partial charge in [-0.15, -0.1) is 0 Å². The van der Waals surface area contributed by atoms with Gasteiger partial charge in [-0.25, -0.2) is 0 Å². The van der Waals surface area contributed by atoms with Crippen molar-refractivity contribution in [3.05, 3.63) is 41.1 Å². The molecule has 0 aliphatic heterocycles. The number of ether oxygens (including phenoxy) is 1. The highest BCUT2D eigenvalue weighted by atomic mass is 35.5. The highest BCUT2D eigenvalue weighted by Crippen LogP contribution is 2.26. The average Bonchev–Trinajstić information content (AvgIpc) is 1.96. The fourth-order valence-corrected chi connectivity index (χ4v) is 1.49. The summed E-state index contributed by atoms with van der Waals surface area (Å²) < 4.78 is 5.23. The second-order valence-electron chi connectivity index (χ2n) is 2.65. The van der Waals surface area contributed by atoms with Gasteiger partial charge in [-0.3, -0.25) is 0 Å². The summed E-state index contributed by atoms with van der Waals surface area (Å²) in [6.07, 6.45) is 1.42. The molecule has 12 heavy (non-hydrogen) atoms. The summed E-state index contributed by atoms with van der Waals surface area (Å²) in [7, 11) is 0. The van der Waals surface area contributed by atoms with E-state index in [0.717, 1.165) is 21.9 Å². The third-order valence-electron chi connectivity index (χ3n) is 1.63. The minimum absolute atomic E-state index is 0.737. The average molecular weight is 183 g/mol. The summed E-state index contributed by atoms with van der Waals surface area (Å²) in [6.45, 7) is 7.42. The summed E-state index contributed by atoms with van der Waals surface area (Å²) in [5.74, 6) is 0.842. The fraction of sp³-hybridized carbons (Fsp3) is 0.200. The maximum Gasteiger partial charge on any atom is 0.132 e. The van der Waals surface area contributed by atoms with Gasteiger partial charge in [0.1, 0.15) is 5.75 Å². The molecule has 0 N–H and O–H groups in total. The van der Waals surface area contributed by atoms with Crippen molar-refractivity contribution in [2.24, 2.45) is 0 Å². The minimum Gasteiger partial charge on any atom is -0.465 e. The quantitative estimate of drug-likeness (QED) is 0.637. The standard InChI is InChI=1S/C10H11ClO/c1-4-12-10-7(2)5-9(11)6-8(10)3/h4-6H,1H2,2-3H3. The van der Waals surface area contributed by atoms with Crippen molar-refractivity contribution in [2.45, 2.75) is 13.8 Å². The first kappa shape index (κ1) is 9.14. The molecule has 0 atom stereocenters. The van der Waals surface area contributed by atoms with Crippen LogP contribution in [0.5, 0.6) is 5.75 Å². The highest BCUT2D eigenvalue weighted by Gasteiger charge is 2.03. The molecule has 1 nitrogen and oxygen atoms in total. The van der Waals surface area contributed by atoms with Gasteiger partial charge >= 0.3 is 0 Å². The third-order valence-corrected chi connectivity index (χ3v) is 1.84. The van der Waals surface area contributed by atoms with E-state index in [-0.39, 0.29) is 0 Å². The lowest BCUT2D eigenvalue weighted by Gasteiger charge is -2.08. The maximum atomic E-state index is 5.84. The number of hydrogen-bond donors (Lipinski definition) is 0. The number of aryl methyl sites for hydroxylation is 2. The lowest BCUT2D eigenvalue weighted by molar-refractivity contribution is 0.476. The summed E-state index contributed by atoms with van der Waals surface area (Å²) >= 11 is 5.84. The van der Waals surface area contributed by atoms with E-state index in [1.807, 2.05) is 26.0 Å². The van der Waals surface area contributed by atoms with E-state index in [2.05, 4.69) is 6.58 Å². The van der Waals surface area contributed by atoms with E-state index < -0.39 is 0 Å². The lowest BCUT2D eigenvalue weighted by Crippen LogP contribution is -1.89. The first-order valence-corrected chi connectivity index (χ1v) is 4.07. The van der Waals surface area contributed by atoms with Crippen LogP contribution in [0.4, 0.5) is 0 Å². The van der Waals surface area contributed by atoms with Crippen molar-refractivity contribution in [1.29, 1.82) is 0 Å². The molecule has 0 unspecified atom stereocenters. The summed E-state index contributed by atoms with van der Waals surface area (Å²) in [5.41, 5.74) is 2.06. The Labute approximate surface area is 77.6 Å². The molecule has 0 spiro atoms. The van der Waals surface area contributed by atoms with Crippen molar-refractivity contribution in [1.82, 2.24) is 0 Å². The van der Waals surface area contributed by atoms with Crippen LogP contribution in [0, 0.1) is 13.8 Å². The van der Waals surface area contributed by atoms with Crippen LogP contribution >= 0.6 is 11.6 Å². The molecule has 0 aliphatic rings. The zero-order valence-electron chi connectivity index (χ0n) is 7.23. The van der Waals surface area contributed by atoms with E-state index in [0.29, 0.717) is 0 Å². The Morgan fingerprint density at radius 1 is 1.33 bits per heavy atom. The monoisotopic (exact) mass is 182 g/mol. The van der Waals surface area contributed by atoms with Gasteiger partial charge in [-0.05, 0) is 37.1 Å². The molecule has 1 aromatic carbocycles. The van der Waals surface area contributed by atoms with Crippen molar-refractivity contribution >= 4 is 11.6 Å². The SMILES string of the molecule is C=COc1c(C)cc(Cl)cc1C. The molecule has 0 fully saturated rings. The second kappa shape index (κ2) is 3.63. The van der Waals surface area contributed by atoms with E-state index in [1.54, 1.807) is 0 Å². The predicted molar refractivity (Wildman–Crippen MR) is 51.8 cm³/mol. The Hall–Kier alpha value is -0.950. The zero-order chi connectivity index (χ0) is 9.14. The van der Waals surface area contributed by atoms with Crippen LogP contribution in [0.15, 0.2) is 25.0 Å². The van der Waals surface area contributed by atoms with Gasteiger partial charge in [0.25, 0.3) is 0 Å². The second-order valence-corrected chi connectivity index (χ2v) is 3.09. The molecule has 0 aromatic heterocycles. The molecule has 0 saturated carbocycles. The zero-order valence-corrected chi connectivity index (χ0v) is 7.98. The molecule has 0 aliphatic carbocycles. The molecule has 1 rings (SSSR count). The Balaban J connectivity index is 3.18. The maximum absolute atomic E-state index is 5.84. The molecule has 0 heterocycles. The minimum atomic E-state index is 0.737. The fourth-order valence-electron chi connectivity index (χ4n) is 1.17. The van der Waals surface area contributed by atoms with E-state index in [1.165, 1.54) is 6.26 Å². The van der Waals surface area contributed by atoms with E-state index >= 15 is 0 Å². The van der Waals surface area contributed by atoms with E-state index in [4.69, 9.17) is 16.3 Å². The van der Waals surface area contributed by atoms with Gasteiger partial charge in [-0.2, -0.15) is 0 Å². The van der Waals surface area contributed by atoms with Crippen molar-refractivity contribution in [3.63, 3.8) is 0 Å². The van der Waals surface area contributed by atoms with Crippen molar-refractivity contribution < 1.29 is 4.74 Å². The summed E-state index contributed by atoms with van der Waals surface area (Å²) in [4.78, 5) is 0. The van der Waals surface area contributed by atoms with Crippen molar-refractivity contribution in [2.75, 3.05) is 0 Å². The van der Waals surface area contributed by atoms with Crippen LogP contribution in [0.3, 0.4) is 0 Å². The predicted octanol–water partition coefficient (Wildman–Crippen LogP) is 3.48. The molecule has 2 heteroatoms. The number of rotatable bonds is 2. The normalized spacial score (nSPS) is 9.58.